The molecule has 124 valence electrons. The summed E-state index contributed by atoms with van der Waals surface area (Å²) in [4.78, 5) is 22.9. The number of aryl methyl sites for hydroxylation is 1. The second kappa shape index (κ2) is 6.22. The third-order valence-corrected chi connectivity index (χ3v) is 6.48. The Morgan fingerprint density at radius 3 is 2.92 bits per heavy atom. The summed E-state index contributed by atoms with van der Waals surface area (Å²) in [5, 5.41) is 3.75. The van der Waals surface area contributed by atoms with Crippen LogP contribution in [0.25, 0.3) is 11.0 Å². The van der Waals surface area contributed by atoms with Gasteiger partial charge in [0.25, 0.3) is 5.91 Å². The van der Waals surface area contributed by atoms with Gasteiger partial charge in [-0.2, -0.15) is 0 Å². The van der Waals surface area contributed by atoms with Crippen molar-refractivity contribution in [2.75, 3.05) is 13.1 Å². The number of pyridine rings is 1. The number of rotatable bonds is 2. The summed E-state index contributed by atoms with van der Waals surface area (Å²) in [7, 11) is 0. The number of aromatic nitrogens is 2. The van der Waals surface area contributed by atoms with Crippen molar-refractivity contribution in [1.82, 2.24) is 14.9 Å². The summed E-state index contributed by atoms with van der Waals surface area (Å²) >= 11 is 7.69. The van der Waals surface area contributed by atoms with Crippen LogP contribution in [-0.2, 0) is 0 Å². The number of fused-ring (bicyclic) bond motifs is 1. The molecule has 0 atom stereocenters. The number of amides is 1. The number of nitrogens with zero attached hydrogens (tertiary/aromatic N) is 2. The van der Waals surface area contributed by atoms with Gasteiger partial charge >= 0.3 is 0 Å². The summed E-state index contributed by atoms with van der Waals surface area (Å²) in [5.41, 5.74) is 3.23. The second-order valence-electron chi connectivity index (χ2n) is 6.27. The maximum atomic E-state index is 12.7. The van der Waals surface area contributed by atoms with E-state index in [1.807, 2.05) is 23.3 Å². The lowest BCUT2D eigenvalue weighted by Crippen LogP contribution is -2.37. The molecule has 1 amide bonds. The monoisotopic (exact) mass is 359 g/mol. The number of halogens is 1. The number of hydrogen-bond donors (Lipinski definition) is 1. The zero-order valence-electron chi connectivity index (χ0n) is 13.4. The standard InChI is InChI=1S/C18H18ClN3OS/c1-11-10-24-16(15(11)19)18(23)22-7-4-12(5-8-22)14-9-21-17-13(14)3-2-6-20-17/h2-3,6,9-10,12H,4-5,7-8H2,1H3,(H,20,21). The molecule has 1 aliphatic heterocycles. The normalized spacial score (nSPS) is 16.0. The minimum Gasteiger partial charge on any atom is -0.346 e. The minimum atomic E-state index is 0.0668. The summed E-state index contributed by atoms with van der Waals surface area (Å²) in [6, 6.07) is 4.08. The largest absolute Gasteiger partial charge is 0.346 e. The van der Waals surface area contributed by atoms with Gasteiger partial charge in [-0.3, -0.25) is 4.79 Å². The number of likely N-dealkylation sites (tertiary alicyclic amines) is 1. The van der Waals surface area contributed by atoms with Crippen molar-refractivity contribution < 1.29 is 4.79 Å². The smallest absolute Gasteiger partial charge is 0.265 e. The molecule has 3 aromatic heterocycles. The number of hydrogen-bond acceptors (Lipinski definition) is 3. The Hall–Kier alpha value is -1.85. The number of piperidine rings is 1. The minimum absolute atomic E-state index is 0.0668. The van der Waals surface area contributed by atoms with Crippen molar-refractivity contribution in [1.29, 1.82) is 0 Å². The number of carbonyl (C=O) groups excluding carboxylic acids is 1. The third kappa shape index (κ3) is 2.62. The van der Waals surface area contributed by atoms with Crippen molar-refractivity contribution >= 4 is 39.9 Å². The highest BCUT2D eigenvalue weighted by Crippen LogP contribution is 2.34. The van der Waals surface area contributed by atoms with Crippen molar-refractivity contribution in [2.24, 2.45) is 0 Å². The quantitative estimate of drug-likeness (QED) is 0.726. The van der Waals surface area contributed by atoms with Crippen molar-refractivity contribution in [3.05, 3.63) is 50.9 Å². The number of thiophene rings is 1. The van der Waals surface area contributed by atoms with Gasteiger partial charge in [0, 0.05) is 30.9 Å². The van der Waals surface area contributed by atoms with Crippen LogP contribution in [0.2, 0.25) is 5.02 Å². The van der Waals surface area contributed by atoms with E-state index in [9.17, 15) is 4.79 Å². The fourth-order valence-corrected chi connectivity index (χ4v) is 4.67. The molecule has 0 bridgehead atoms. The Kier molecular flexibility index (Phi) is 4.06. The predicted molar refractivity (Wildman–Crippen MR) is 98.0 cm³/mol. The molecule has 4 nitrogen and oxygen atoms in total. The number of carbonyl (C=O) groups is 1. The van der Waals surface area contributed by atoms with Gasteiger partial charge < -0.3 is 9.88 Å². The maximum absolute atomic E-state index is 12.7. The highest BCUT2D eigenvalue weighted by molar-refractivity contribution is 7.13. The molecule has 6 heteroatoms. The molecule has 1 fully saturated rings. The van der Waals surface area contributed by atoms with Crippen molar-refractivity contribution in [3.8, 4) is 0 Å². The number of aromatic amines is 1. The van der Waals surface area contributed by atoms with Gasteiger partial charge in [0.05, 0.1) is 5.02 Å². The molecular formula is C18H18ClN3OS. The molecule has 0 spiro atoms. The summed E-state index contributed by atoms with van der Waals surface area (Å²) in [6.45, 7) is 3.47. The van der Waals surface area contributed by atoms with Crippen LogP contribution in [0.4, 0.5) is 0 Å². The fourth-order valence-electron chi connectivity index (χ4n) is 3.43. The highest BCUT2D eigenvalue weighted by Gasteiger charge is 2.28. The fraction of sp³-hybridized carbons (Fsp3) is 0.333. The van der Waals surface area contributed by atoms with Crippen LogP contribution in [-0.4, -0.2) is 33.9 Å². The summed E-state index contributed by atoms with van der Waals surface area (Å²) < 4.78 is 0. The first-order chi connectivity index (χ1) is 11.6. The Bertz CT molecular complexity index is 893. The molecule has 0 unspecified atom stereocenters. The predicted octanol–water partition coefficient (Wildman–Crippen LogP) is 4.61. The van der Waals surface area contributed by atoms with E-state index in [1.54, 1.807) is 6.20 Å². The highest BCUT2D eigenvalue weighted by atomic mass is 35.5. The van der Waals surface area contributed by atoms with Crippen LogP contribution in [0.3, 0.4) is 0 Å². The zero-order chi connectivity index (χ0) is 16.7. The Morgan fingerprint density at radius 2 is 2.21 bits per heavy atom. The second-order valence-corrected chi connectivity index (χ2v) is 7.53. The molecule has 24 heavy (non-hydrogen) atoms. The van der Waals surface area contributed by atoms with E-state index < -0.39 is 0 Å². The number of H-pyrrole nitrogens is 1. The van der Waals surface area contributed by atoms with E-state index in [-0.39, 0.29) is 5.91 Å². The van der Waals surface area contributed by atoms with Gasteiger partial charge in [-0.1, -0.05) is 11.6 Å². The molecule has 3 aromatic rings. The van der Waals surface area contributed by atoms with Gasteiger partial charge in [-0.15, -0.1) is 11.3 Å². The molecule has 1 saturated heterocycles. The number of nitrogens with one attached hydrogen (secondary N) is 1. The molecule has 1 aliphatic rings. The summed E-state index contributed by atoms with van der Waals surface area (Å²) in [6.07, 6.45) is 5.81. The zero-order valence-corrected chi connectivity index (χ0v) is 15.0. The first kappa shape index (κ1) is 15.7. The molecule has 0 aromatic carbocycles. The van der Waals surface area contributed by atoms with Gasteiger partial charge in [0.15, 0.2) is 0 Å². The molecular weight excluding hydrogens is 342 g/mol. The molecule has 4 heterocycles. The first-order valence-corrected chi connectivity index (χ1v) is 9.35. The van der Waals surface area contributed by atoms with Crippen molar-refractivity contribution in [2.45, 2.75) is 25.7 Å². The Balaban J connectivity index is 1.49. The lowest BCUT2D eigenvalue weighted by atomic mass is 9.89. The van der Waals surface area contributed by atoms with E-state index in [1.165, 1.54) is 22.3 Å². The molecule has 4 rings (SSSR count). The van der Waals surface area contributed by atoms with E-state index in [0.717, 1.165) is 37.1 Å². The lowest BCUT2D eigenvalue weighted by Gasteiger charge is -2.31. The molecule has 0 saturated carbocycles. The van der Waals surface area contributed by atoms with Gasteiger partial charge in [-0.05, 0) is 54.3 Å². The van der Waals surface area contributed by atoms with Crippen LogP contribution in [0.1, 0.15) is 39.6 Å². The maximum Gasteiger partial charge on any atom is 0.265 e. The van der Waals surface area contributed by atoms with Crippen LogP contribution in [0, 0.1) is 6.92 Å². The molecule has 1 N–H and O–H groups in total. The van der Waals surface area contributed by atoms with E-state index in [2.05, 4.69) is 22.2 Å². The first-order valence-electron chi connectivity index (χ1n) is 8.10. The van der Waals surface area contributed by atoms with Gasteiger partial charge in [-0.25, -0.2) is 4.98 Å². The lowest BCUT2D eigenvalue weighted by molar-refractivity contribution is 0.0718. The summed E-state index contributed by atoms with van der Waals surface area (Å²) in [5.74, 6) is 0.532. The average Bonchev–Trinajstić information content (AvgIpc) is 3.19. The SMILES string of the molecule is Cc1csc(C(=O)N2CCC(c3c[nH]c4ncccc34)CC2)c1Cl. The third-order valence-electron chi connectivity index (χ3n) is 4.80. The average molecular weight is 360 g/mol. The van der Waals surface area contributed by atoms with E-state index >= 15 is 0 Å². The topological polar surface area (TPSA) is 49.0 Å². The van der Waals surface area contributed by atoms with Crippen molar-refractivity contribution in [3.63, 3.8) is 0 Å². The van der Waals surface area contributed by atoms with Gasteiger partial charge in [0.2, 0.25) is 0 Å². The van der Waals surface area contributed by atoms with Gasteiger partial charge in [0.1, 0.15) is 10.5 Å². The van der Waals surface area contributed by atoms with Crippen LogP contribution in [0.5, 0.6) is 0 Å². The van der Waals surface area contributed by atoms with E-state index in [4.69, 9.17) is 11.6 Å². The van der Waals surface area contributed by atoms with Crippen LogP contribution in [0.15, 0.2) is 29.9 Å². The molecule has 0 aliphatic carbocycles. The molecule has 0 radical (unpaired) electrons. The Labute approximate surface area is 149 Å². The van der Waals surface area contributed by atoms with E-state index in [0.29, 0.717) is 15.8 Å². The van der Waals surface area contributed by atoms with Crippen LogP contribution >= 0.6 is 22.9 Å². The Morgan fingerprint density at radius 1 is 1.42 bits per heavy atom. The van der Waals surface area contributed by atoms with Crippen LogP contribution < -0.4 is 0 Å².